The zero-order chi connectivity index (χ0) is 15.3. The van der Waals surface area contributed by atoms with Crippen molar-refractivity contribution in [3.8, 4) is 0 Å². The topological polar surface area (TPSA) is 37.4 Å². The molecule has 1 aromatic rings. The van der Waals surface area contributed by atoms with Crippen molar-refractivity contribution >= 4 is 17.4 Å². The highest BCUT2D eigenvalue weighted by Crippen LogP contribution is 2.34. The van der Waals surface area contributed by atoms with Gasteiger partial charge >= 0.3 is 0 Å². The van der Waals surface area contributed by atoms with Crippen LogP contribution in [0.2, 0.25) is 0 Å². The molecule has 0 spiro atoms. The molecule has 0 N–H and O–H groups in total. The molecule has 0 radical (unpaired) electrons. The van der Waals surface area contributed by atoms with E-state index in [1.807, 2.05) is 45.9 Å². The van der Waals surface area contributed by atoms with Gasteiger partial charge in [-0.3, -0.25) is 14.5 Å². The van der Waals surface area contributed by atoms with Gasteiger partial charge in [0.05, 0.1) is 0 Å². The lowest BCUT2D eigenvalue weighted by molar-refractivity contribution is -0.121. The first-order valence-electron chi connectivity index (χ1n) is 7.35. The fraction of sp³-hybridized carbons (Fsp3) is 0.412. The van der Waals surface area contributed by atoms with E-state index in [0.717, 1.165) is 24.0 Å². The molecular formula is C17H23NO2. The summed E-state index contributed by atoms with van der Waals surface area (Å²) in [7, 11) is 1.54. The number of nitrogens with zero attached hydrogens (tertiary/aromatic N) is 1. The second-order valence-corrected chi connectivity index (χ2v) is 4.17. The molecule has 2 aliphatic rings. The average molecular weight is 273 g/mol. The molecule has 0 aromatic heterocycles. The van der Waals surface area contributed by atoms with Crippen LogP contribution in [0.4, 0.5) is 0 Å². The van der Waals surface area contributed by atoms with Gasteiger partial charge in [0.25, 0.3) is 11.8 Å². The van der Waals surface area contributed by atoms with Crippen molar-refractivity contribution < 1.29 is 9.59 Å². The van der Waals surface area contributed by atoms with Crippen LogP contribution in [0, 0.1) is 0 Å². The lowest BCUT2D eigenvalue weighted by Crippen LogP contribution is -2.39. The molecule has 0 bridgehead atoms. The van der Waals surface area contributed by atoms with Crippen LogP contribution in [0.1, 0.15) is 55.6 Å². The normalized spacial score (nSPS) is 15.2. The Bertz CT molecular complexity index is 544. The Labute approximate surface area is 121 Å². The predicted octanol–water partition coefficient (Wildman–Crippen LogP) is 3.68. The molecule has 3 heteroatoms. The summed E-state index contributed by atoms with van der Waals surface area (Å²) in [5.74, 6) is -0.370. The van der Waals surface area contributed by atoms with Gasteiger partial charge in [-0.05, 0) is 24.5 Å². The Hall–Kier alpha value is -1.90. The van der Waals surface area contributed by atoms with Gasteiger partial charge in [-0.15, -0.1) is 0 Å². The van der Waals surface area contributed by atoms with E-state index in [1.54, 1.807) is 6.07 Å². The number of hydrogen-bond donors (Lipinski definition) is 0. The van der Waals surface area contributed by atoms with Crippen LogP contribution in [0.3, 0.4) is 0 Å². The van der Waals surface area contributed by atoms with Crippen molar-refractivity contribution in [3.63, 3.8) is 0 Å². The standard InChI is InChI=1S/C13H11NO2.2C2H6/c1-14-12(15)9-6-2-4-8-5-3-7-10(11(8)9)13(14)16;2*1-2/h2,4,6-7H,3,5H2,1H3;2*1-2H3. The fourth-order valence-corrected chi connectivity index (χ4v) is 2.43. The van der Waals surface area contributed by atoms with Gasteiger partial charge < -0.3 is 0 Å². The van der Waals surface area contributed by atoms with Crippen LogP contribution in [-0.4, -0.2) is 23.8 Å². The summed E-state index contributed by atoms with van der Waals surface area (Å²) in [6.07, 6.45) is 3.73. The van der Waals surface area contributed by atoms with Gasteiger partial charge in [0.15, 0.2) is 0 Å². The van der Waals surface area contributed by atoms with E-state index in [0.29, 0.717) is 11.1 Å². The van der Waals surface area contributed by atoms with E-state index >= 15 is 0 Å². The Morgan fingerprint density at radius 3 is 2.30 bits per heavy atom. The maximum absolute atomic E-state index is 12.0. The maximum Gasteiger partial charge on any atom is 0.261 e. The van der Waals surface area contributed by atoms with Crippen LogP contribution in [-0.2, 0) is 11.2 Å². The Morgan fingerprint density at radius 1 is 1.00 bits per heavy atom. The van der Waals surface area contributed by atoms with E-state index in [-0.39, 0.29) is 11.8 Å². The quantitative estimate of drug-likeness (QED) is 0.676. The first-order valence-corrected chi connectivity index (χ1v) is 7.35. The molecule has 1 aliphatic heterocycles. The SMILES string of the molecule is CC.CC.CN1C(=O)C2=CCCc3cccc(c32)C1=O. The highest BCUT2D eigenvalue weighted by atomic mass is 16.2. The molecule has 3 rings (SSSR count). The molecule has 0 saturated heterocycles. The third-order valence-electron chi connectivity index (χ3n) is 3.25. The van der Waals surface area contributed by atoms with Gasteiger partial charge in [-0.25, -0.2) is 0 Å². The lowest BCUT2D eigenvalue weighted by Gasteiger charge is -2.29. The zero-order valence-electron chi connectivity index (χ0n) is 13.0. The summed E-state index contributed by atoms with van der Waals surface area (Å²) in [5.41, 5.74) is 3.33. The summed E-state index contributed by atoms with van der Waals surface area (Å²) in [6, 6.07) is 5.68. The fourth-order valence-electron chi connectivity index (χ4n) is 2.43. The van der Waals surface area contributed by atoms with E-state index in [2.05, 4.69) is 0 Å². The Balaban J connectivity index is 0.000000461. The van der Waals surface area contributed by atoms with Crippen molar-refractivity contribution in [2.24, 2.45) is 0 Å². The molecule has 0 fully saturated rings. The molecule has 3 nitrogen and oxygen atoms in total. The lowest BCUT2D eigenvalue weighted by atomic mass is 9.84. The minimum atomic E-state index is -0.194. The monoisotopic (exact) mass is 273 g/mol. The largest absolute Gasteiger partial charge is 0.277 e. The molecule has 1 heterocycles. The molecule has 1 aromatic carbocycles. The summed E-state index contributed by atoms with van der Waals surface area (Å²) in [4.78, 5) is 25.1. The minimum Gasteiger partial charge on any atom is -0.277 e. The number of imide groups is 1. The number of aryl methyl sites for hydroxylation is 1. The summed E-state index contributed by atoms with van der Waals surface area (Å²) in [5, 5.41) is 0. The van der Waals surface area contributed by atoms with Crippen LogP contribution in [0.25, 0.3) is 5.57 Å². The smallest absolute Gasteiger partial charge is 0.261 e. The van der Waals surface area contributed by atoms with Gasteiger partial charge in [0.1, 0.15) is 0 Å². The van der Waals surface area contributed by atoms with E-state index in [4.69, 9.17) is 0 Å². The zero-order valence-corrected chi connectivity index (χ0v) is 13.0. The second kappa shape index (κ2) is 7.04. The summed E-state index contributed by atoms with van der Waals surface area (Å²) in [6.45, 7) is 8.00. The molecule has 0 saturated carbocycles. The van der Waals surface area contributed by atoms with Gasteiger partial charge in [0.2, 0.25) is 0 Å². The van der Waals surface area contributed by atoms with E-state index in [9.17, 15) is 9.59 Å². The van der Waals surface area contributed by atoms with Crippen molar-refractivity contribution in [1.29, 1.82) is 0 Å². The number of carbonyl (C=O) groups excluding carboxylic acids is 2. The molecule has 1 aliphatic carbocycles. The Morgan fingerprint density at radius 2 is 1.65 bits per heavy atom. The number of allylic oxidation sites excluding steroid dienone is 1. The van der Waals surface area contributed by atoms with Gasteiger partial charge in [-0.2, -0.15) is 0 Å². The van der Waals surface area contributed by atoms with Crippen LogP contribution in [0.5, 0.6) is 0 Å². The van der Waals surface area contributed by atoms with Crippen molar-refractivity contribution in [2.45, 2.75) is 40.5 Å². The highest BCUT2D eigenvalue weighted by Gasteiger charge is 2.34. The van der Waals surface area contributed by atoms with Crippen LogP contribution >= 0.6 is 0 Å². The van der Waals surface area contributed by atoms with Crippen molar-refractivity contribution in [3.05, 3.63) is 41.0 Å². The highest BCUT2D eigenvalue weighted by molar-refractivity contribution is 6.31. The number of amides is 2. The molecule has 20 heavy (non-hydrogen) atoms. The molecule has 108 valence electrons. The van der Waals surface area contributed by atoms with Crippen LogP contribution in [0.15, 0.2) is 24.3 Å². The Kier molecular flexibility index (Phi) is 5.68. The summed E-state index contributed by atoms with van der Waals surface area (Å²) < 4.78 is 0. The molecule has 0 atom stereocenters. The number of benzene rings is 1. The van der Waals surface area contributed by atoms with Gasteiger partial charge in [-0.1, -0.05) is 45.9 Å². The van der Waals surface area contributed by atoms with Crippen LogP contribution < -0.4 is 0 Å². The third kappa shape index (κ3) is 2.53. The summed E-state index contributed by atoms with van der Waals surface area (Å²) >= 11 is 0. The minimum absolute atomic E-state index is 0.176. The number of hydrogen-bond acceptors (Lipinski definition) is 2. The number of rotatable bonds is 0. The first kappa shape index (κ1) is 16.2. The van der Waals surface area contributed by atoms with Crippen molar-refractivity contribution in [2.75, 3.05) is 7.05 Å². The third-order valence-corrected chi connectivity index (χ3v) is 3.25. The second-order valence-electron chi connectivity index (χ2n) is 4.17. The molecule has 0 unspecified atom stereocenters. The predicted molar refractivity (Wildman–Crippen MR) is 82.5 cm³/mol. The number of carbonyl (C=O) groups is 2. The van der Waals surface area contributed by atoms with Gasteiger partial charge in [0, 0.05) is 23.7 Å². The van der Waals surface area contributed by atoms with E-state index < -0.39 is 0 Å². The van der Waals surface area contributed by atoms with E-state index in [1.165, 1.54) is 11.9 Å². The van der Waals surface area contributed by atoms with Crippen molar-refractivity contribution in [1.82, 2.24) is 4.90 Å². The first-order chi connectivity index (χ1) is 9.70. The maximum atomic E-state index is 12.0. The number of likely N-dealkylation sites (N-methyl/N-ethyl adjacent to an activating group) is 1. The average Bonchev–Trinajstić information content (AvgIpc) is 2.54. The molecule has 2 amide bonds. The molecular weight excluding hydrogens is 250 g/mol.